The van der Waals surface area contributed by atoms with E-state index in [9.17, 15) is 9.59 Å². The number of methoxy groups -OCH3 is 1. The zero-order valence-electron chi connectivity index (χ0n) is 13.7. The van der Waals surface area contributed by atoms with Crippen LogP contribution in [0.15, 0.2) is 30.3 Å². The summed E-state index contributed by atoms with van der Waals surface area (Å²) in [7, 11) is 1.70. The van der Waals surface area contributed by atoms with Crippen LogP contribution in [-0.2, 0) is 19.7 Å². The molecule has 124 valence electrons. The summed E-state index contributed by atoms with van der Waals surface area (Å²) < 4.78 is 5.40. The Morgan fingerprint density at radius 1 is 1.22 bits per heavy atom. The van der Waals surface area contributed by atoms with Crippen molar-refractivity contribution in [1.29, 1.82) is 0 Å². The van der Waals surface area contributed by atoms with E-state index in [4.69, 9.17) is 4.74 Å². The number of likely N-dealkylation sites (tertiary alicyclic amines) is 2. The standard InChI is InChI=1S/C18H24N2O3/c1-23-14-18(15-7-3-2-4-8-15)12-20(13-18)17(22)11-19-10-6-5-9-16(19)21/h2-4,7-8H,5-6,9-14H2,1H3. The summed E-state index contributed by atoms with van der Waals surface area (Å²) in [5.74, 6) is 0.152. The number of amides is 2. The lowest BCUT2D eigenvalue weighted by molar-refractivity contribution is -0.147. The van der Waals surface area contributed by atoms with E-state index in [0.29, 0.717) is 32.7 Å². The van der Waals surface area contributed by atoms with Gasteiger partial charge in [-0.1, -0.05) is 30.3 Å². The first-order valence-electron chi connectivity index (χ1n) is 8.25. The molecule has 2 heterocycles. The van der Waals surface area contributed by atoms with Gasteiger partial charge in [-0.05, 0) is 18.4 Å². The highest BCUT2D eigenvalue weighted by Crippen LogP contribution is 2.35. The zero-order valence-corrected chi connectivity index (χ0v) is 13.7. The number of ether oxygens (including phenoxy) is 1. The fourth-order valence-electron chi connectivity index (χ4n) is 3.58. The third-order valence-electron chi connectivity index (χ3n) is 4.89. The molecular weight excluding hydrogens is 292 g/mol. The van der Waals surface area contributed by atoms with Crippen molar-refractivity contribution in [1.82, 2.24) is 9.80 Å². The van der Waals surface area contributed by atoms with Crippen molar-refractivity contribution in [2.75, 3.05) is 39.9 Å². The van der Waals surface area contributed by atoms with E-state index in [1.165, 1.54) is 5.56 Å². The van der Waals surface area contributed by atoms with Crippen LogP contribution in [0, 0.1) is 0 Å². The van der Waals surface area contributed by atoms with Gasteiger partial charge < -0.3 is 14.5 Å². The van der Waals surface area contributed by atoms with E-state index >= 15 is 0 Å². The maximum atomic E-state index is 12.5. The fourth-order valence-corrected chi connectivity index (χ4v) is 3.58. The highest BCUT2D eigenvalue weighted by molar-refractivity contribution is 5.86. The number of hydrogen-bond acceptors (Lipinski definition) is 3. The second-order valence-electron chi connectivity index (χ2n) is 6.60. The van der Waals surface area contributed by atoms with Gasteiger partial charge in [-0.15, -0.1) is 0 Å². The predicted octanol–water partition coefficient (Wildman–Crippen LogP) is 1.43. The Bertz CT molecular complexity index is 567. The fraction of sp³-hybridized carbons (Fsp3) is 0.556. The first kappa shape index (κ1) is 16.0. The first-order valence-corrected chi connectivity index (χ1v) is 8.25. The average Bonchev–Trinajstić information content (AvgIpc) is 2.53. The molecule has 5 heteroatoms. The van der Waals surface area contributed by atoms with Gasteiger partial charge in [0.05, 0.1) is 18.6 Å². The highest BCUT2D eigenvalue weighted by Gasteiger charge is 2.46. The van der Waals surface area contributed by atoms with Crippen LogP contribution in [-0.4, -0.2) is 61.5 Å². The van der Waals surface area contributed by atoms with Crippen LogP contribution in [0.4, 0.5) is 0 Å². The van der Waals surface area contributed by atoms with Crippen LogP contribution < -0.4 is 0 Å². The molecule has 23 heavy (non-hydrogen) atoms. The average molecular weight is 316 g/mol. The SMILES string of the molecule is COCC1(c2ccccc2)CN(C(=O)CN2CCCCC2=O)C1. The number of carbonyl (C=O) groups is 2. The minimum Gasteiger partial charge on any atom is -0.384 e. The van der Waals surface area contributed by atoms with E-state index in [1.807, 2.05) is 23.1 Å². The molecule has 0 unspecified atom stereocenters. The summed E-state index contributed by atoms with van der Waals surface area (Å²) in [5.41, 5.74) is 1.09. The summed E-state index contributed by atoms with van der Waals surface area (Å²) in [6.07, 6.45) is 2.51. The van der Waals surface area contributed by atoms with Crippen LogP contribution in [0.1, 0.15) is 24.8 Å². The van der Waals surface area contributed by atoms with Crippen molar-refractivity contribution in [3.8, 4) is 0 Å². The molecule has 5 nitrogen and oxygen atoms in total. The highest BCUT2D eigenvalue weighted by atomic mass is 16.5. The molecule has 0 aromatic heterocycles. The smallest absolute Gasteiger partial charge is 0.242 e. The molecule has 0 N–H and O–H groups in total. The van der Waals surface area contributed by atoms with Gasteiger partial charge in [0.15, 0.2) is 0 Å². The van der Waals surface area contributed by atoms with Crippen LogP contribution in [0.5, 0.6) is 0 Å². The molecule has 3 rings (SSSR count). The van der Waals surface area contributed by atoms with Gasteiger partial charge in [-0.2, -0.15) is 0 Å². The van der Waals surface area contributed by atoms with Gasteiger partial charge in [0, 0.05) is 33.2 Å². The lowest BCUT2D eigenvalue weighted by Crippen LogP contribution is -2.64. The molecule has 0 aliphatic carbocycles. The van der Waals surface area contributed by atoms with Crippen LogP contribution >= 0.6 is 0 Å². The molecule has 2 amide bonds. The monoisotopic (exact) mass is 316 g/mol. The molecule has 0 atom stereocenters. The normalized spacial score (nSPS) is 20.3. The third-order valence-corrected chi connectivity index (χ3v) is 4.89. The first-order chi connectivity index (χ1) is 11.1. The van der Waals surface area contributed by atoms with Crippen LogP contribution in [0.2, 0.25) is 0 Å². The molecule has 2 saturated heterocycles. The summed E-state index contributed by atoms with van der Waals surface area (Å²) in [6.45, 7) is 2.85. The van der Waals surface area contributed by atoms with E-state index in [-0.39, 0.29) is 23.8 Å². The molecule has 1 aromatic carbocycles. The minimum absolute atomic E-state index is 0.0444. The molecule has 1 aromatic rings. The molecule has 0 bridgehead atoms. The van der Waals surface area contributed by atoms with Crippen molar-refractivity contribution >= 4 is 11.8 Å². The van der Waals surface area contributed by atoms with Crippen molar-refractivity contribution in [3.05, 3.63) is 35.9 Å². The molecule has 0 saturated carbocycles. The summed E-state index contributed by atoms with van der Waals surface area (Å²) in [4.78, 5) is 27.8. The Balaban J connectivity index is 1.61. The summed E-state index contributed by atoms with van der Waals surface area (Å²) >= 11 is 0. The Labute approximate surface area is 137 Å². The summed E-state index contributed by atoms with van der Waals surface area (Å²) in [6, 6.07) is 10.2. The van der Waals surface area contributed by atoms with Gasteiger partial charge in [0.1, 0.15) is 0 Å². The number of rotatable bonds is 5. The lowest BCUT2D eigenvalue weighted by Gasteiger charge is -2.50. The quantitative estimate of drug-likeness (QED) is 0.825. The number of benzene rings is 1. The van der Waals surface area contributed by atoms with Crippen molar-refractivity contribution in [2.24, 2.45) is 0 Å². The molecule has 2 fully saturated rings. The predicted molar refractivity (Wildman–Crippen MR) is 87.0 cm³/mol. The molecular formula is C18H24N2O3. The van der Waals surface area contributed by atoms with E-state index < -0.39 is 0 Å². The zero-order chi connectivity index (χ0) is 16.3. The Morgan fingerprint density at radius 2 is 1.96 bits per heavy atom. The summed E-state index contributed by atoms with van der Waals surface area (Å²) in [5, 5.41) is 0. The maximum absolute atomic E-state index is 12.5. The number of piperidine rings is 1. The van der Waals surface area contributed by atoms with E-state index in [2.05, 4.69) is 12.1 Å². The van der Waals surface area contributed by atoms with Gasteiger partial charge in [0.2, 0.25) is 11.8 Å². The van der Waals surface area contributed by atoms with Gasteiger partial charge >= 0.3 is 0 Å². The number of hydrogen-bond donors (Lipinski definition) is 0. The lowest BCUT2D eigenvalue weighted by atomic mass is 9.74. The molecule has 2 aliphatic rings. The van der Waals surface area contributed by atoms with Gasteiger partial charge in [0.25, 0.3) is 0 Å². The van der Waals surface area contributed by atoms with Crippen molar-refractivity contribution in [2.45, 2.75) is 24.7 Å². The Morgan fingerprint density at radius 3 is 2.61 bits per heavy atom. The largest absolute Gasteiger partial charge is 0.384 e. The van der Waals surface area contributed by atoms with Gasteiger partial charge in [-0.25, -0.2) is 0 Å². The maximum Gasteiger partial charge on any atom is 0.242 e. The Kier molecular flexibility index (Phi) is 4.66. The van der Waals surface area contributed by atoms with E-state index in [1.54, 1.807) is 12.0 Å². The van der Waals surface area contributed by atoms with Gasteiger partial charge in [-0.3, -0.25) is 9.59 Å². The minimum atomic E-state index is -0.114. The number of nitrogens with zero attached hydrogens (tertiary/aromatic N) is 2. The topological polar surface area (TPSA) is 49.9 Å². The molecule has 2 aliphatic heterocycles. The molecule has 0 spiro atoms. The number of carbonyl (C=O) groups excluding carboxylic acids is 2. The molecule has 0 radical (unpaired) electrons. The van der Waals surface area contributed by atoms with Crippen molar-refractivity contribution < 1.29 is 14.3 Å². The van der Waals surface area contributed by atoms with Crippen LogP contribution in [0.25, 0.3) is 0 Å². The van der Waals surface area contributed by atoms with E-state index in [0.717, 1.165) is 12.8 Å². The Hall–Kier alpha value is -1.88. The van der Waals surface area contributed by atoms with Crippen molar-refractivity contribution in [3.63, 3.8) is 0 Å². The van der Waals surface area contributed by atoms with Crippen LogP contribution in [0.3, 0.4) is 0 Å². The second kappa shape index (κ2) is 6.71. The second-order valence-corrected chi connectivity index (χ2v) is 6.60. The third kappa shape index (κ3) is 3.24.